The summed E-state index contributed by atoms with van der Waals surface area (Å²) in [6.45, 7) is 4.36. The molecule has 302 valence electrons. The van der Waals surface area contributed by atoms with Crippen LogP contribution in [0.3, 0.4) is 0 Å². The zero-order valence-electron chi connectivity index (χ0n) is 31.8. The van der Waals surface area contributed by atoms with Gasteiger partial charge in [0.05, 0.1) is 25.4 Å². The van der Waals surface area contributed by atoms with E-state index in [2.05, 4.69) is 30.4 Å². The summed E-state index contributed by atoms with van der Waals surface area (Å²) in [5.41, 5.74) is 1.27. The topological polar surface area (TPSA) is 236 Å². The molecule has 0 radical (unpaired) electrons. The van der Waals surface area contributed by atoms with Crippen molar-refractivity contribution in [3.8, 4) is 0 Å². The van der Waals surface area contributed by atoms with Crippen molar-refractivity contribution in [2.45, 2.75) is 83.1 Å². The smallest absolute Gasteiger partial charge is 0.406 e. The van der Waals surface area contributed by atoms with E-state index in [-0.39, 0.29) is 56.4 Å². The molecule has 0 saturated carbocycles. The van der Waals surface area contributed by atoms with Crippen LogP contribution in [0.1, 0.15) is 73.1 Å². The number of nitrogens with zero attached hydrogens (tertiary/aromatic N) is 3. The molecule has 2 aromatic carbocycles. The highest BCUT2D eigenvalue weighted by Gasteiger charge is 2.37. The minimum atomic E-state index is -4.90. The first-order valence-electron chi connectivity index (χ1n) is 18.1. The number of fused-ring (bicyclic) bond motifs is 1. The third-order valence-electron chi connectivity index (χ3n) is 8.94. The molecular weight excluding hydrogens is 765 g/mol. The molecule has 4 rings (SSSR count). The first-order valence-corrected chi connectivity index (χ1v) is 21.2. The fraction of sp³-hybridized carbons (Fsp3) is 0.444. The van der Waals surface area contributed by atoms with Crippen LogP contribution in [0.5, 0.6) is 0 Å². The molecule has 0 saturated heterocycles. The number of unbranched alkanes of at least 4 members (excludes halogenated alkanes) is 1. The Labute approximate surface area is 326 Å². The highest BCUT2D eigenvalue weighted by Crippen LogP contribution is 2.51. The molecule has 4 amide bonds. The van der Waals surface area contributed by atoms with E-state index < -0.39 is 58.0 Å². The second-order valence-electron chi connectivity index (χ2n) is 13.7. The Balaban J connectivity index is 1.36. The molecule has 5 N–H and O–H groups in total. The number of nitrogens with one attached hydrogen (secondary N) is 3. The Morgan fingerprint density at radius 1 is 0.982 bits per heavy atom. The standard InChI is InChI=1S/C36H49BN6O11P2/c1-24(2)18-31(41-34(46)29(19-25-10-6-5-7-11-25)40-35(47)30-21-38-16-17-39-30)37-53-22-26-14-15-28(20-27(26)23-54-37)43(3)33(45)13-9-8-12-32(44)42-36(55(48)52-4)56(49,50)51/h5-7,10-11,14-17,20-21,24,29,31,36,55H,8-9,12-13,18-19,22-23H2,1-4H3,(H,40,47)(H,41,46)(H,42,44)(H2,49,50,51)/t29-,31-,36?/m1/s1. The SMILES string of the molecule is CO[PH](=O)C(NC(=O)CCCCC(=O)N(C)c1ccc2c(c1)COB([C@@H](CC(C)C)NC(=O)[C@@H](Cc1ccccc1)NC(=O)c1cnccn1)OC2)P(=O)(O)O. The lowest BCUT2D eigenvalue weighted by atomic mass is 9.73. The van der Waals surface area contributed by atoms with Crippen LogP contribution in [-0.4, -0.2) is 82.2 Å². The second kappa shape index (κ2) is 21.3. The van der Waals surface area contributed by atoms with E-state index in [1.54, 1.807) is 13.1 Å². The number of carbonyl (C=O) groups is 4. The van der Waals surface area contributed by atoms with Crippen LogP contribution in [0.25, 0.3) is 0 Å². The average molecular weight is 815 g/mol. The van der Waals surface area contributed by atoms with Crippen molar-refractivity contribution in [3.63, 3.8) is 0 Å². The van der Waals surface area contributed by atoms with E-state index in [4.69, 9.17) is 9.31 Å². The van der Waals surface area contributed by atoms with E-state index in [1.165, 1.54) is 23.5 Å². The van der Waals surface area contributed by atoms with Crippen LogP contribution in [0.15, 0.2) is 67.1 Å². The zero-order chi connectivity index (χ0) is 40.8. The summed E-state index contributed by atoms with van der Waals surface area (Å²) in [6, 6.07) is 13.9. The lowest BCUT2D eigenvalue weighted by Crippen LogP contribution is -2.56. The van der Waals surface area contributed by atoms with Crippen LogP contribution >= 0.6 is 15.6 Å². The van der Waals surface area contributed by atoms with Crippen LogP contribution in [0.4, 0.5) is 5.69 Å². The molecule has 17 nitrogen and oxygen atoms in total. The minimum absolute atomic E-state index is 0.0810. The molecule has 56 heavy (non-hydrogen) atoms. The van der Waals surface area contributed by atoms with E-state index in [0.717, 1.165) is 23.8 Å². The minimum Gasteiger partial charge on any atom is -0.406 e. The molecule has 3 aromatic rings. The molecule has 4 atom stereocenters. The normalized spacial score (nSPS) is 15.1. The number of benzene rings is 2. The van der Waals surface area contributed by atoms with Gasteiger partial charge in [-0.25, -0.2) is 4.98 Å². The van der Waals surface area contributed by atoms with Crippen molar-refractivity contribution < 1.29 is 51.9 Å². The van der Waals surface area contributed by atoms with Gasteiger partial charge in [0.15, 0.2) is 0 Å². The van der Waals surface area contributed by atoms with Gasteiger partial charge in [-0.3, -0.25) is 33.3 Å². The second-order valence-corrected chi connectivity index (χ2v) is 17.5. The van der Waals surface area contributed by atoms with Crippen molar-refractivity contribution >= 4 is 52.1 Å². The van der Waals surface area contributed by atoms with Gasteiger partial charge < -0.3 is 44.5 Å². The summed E-state index contributed by atoms with van der Waals surface area (Å²) >= 11 is 0. The number of amides is 4. The Morgan fingerprint density at radius 2 is 1.68 bits per heavy atom. The molecular formula is C36H49BN6O11P2. The summed E-state index contributed by atoms with van der Waals surface area (Å²) in [4.78, 5) is 80.6. The van der Waals surface area contributed by atoms with Gasteiger partial charge in [0.25, 0.3) is 5.91 Å². The van der Waals surface area contributed by atoms with Crippen molar-refractivity contribution in [1.29, 1.82) is 0 Å². The summed E-state index contributed by atoms with van der Waals surface area (Å²) in [6.07, 6.45) is 5.47. The molecule has 1 aliphatic rings. The Hall–Kier alpha value is -4.28. The first kappa shape index (κ1) is 44.4. The average Bonchev–Trinajstić information content (AvgIpc) is 3.40. The number of rotatable bonds is 19. The third-order valence-corrected chi connectivity index (χ3v) is 12.4. The number of hydrogen-bond acceptors (Lipinski definition) is 11. The van der Waals surface area contributed by atoms with Gasteiger partial charge in [0.1, 0.15) is 11.7 Å². The predicted octanol–water partition coefficient (Wildman–Crippen LogP) is 3.34. The van der Waals surface area contributed by atoms with E-state index >= 15 is 0 Å². The predicted molar refractivity (Wildman–Crippen MR) is 208 cm³/mol. The van der Waals surface area contributed by atoms with E-state index in [9.17, 15) is 38.1 Å². The maximum absolute atomic E-state index is 13.9. The van der Waals surface area contributed by atoms with Crippen LogP contribution in [0, 0.1) is 5.92 Å². The van der Waals surface area contributed by atoms with Gasteiger partial charge in [0, 0.05) is 51.5 Å². The molecule has 0 aliphatic carbocycles. The highest BCUT2D eigenvalue weighted by molar-refractivity contribution is 7.65. The fourth-order valence-electron chi connectivity index (χ4n) is 5.95. The number of anilines is 1. The van der Waals surface area contributed by atoms with E-state index in [0.29, 0.717) is 18.5 Å². The Bertz CT molecular complexity index is 1870. The van der Waals surface area contributed by atoms with Crippen LogP contribution in [0.2, 0.25) is 0 Å². The molecule has 2 heterocycles. The van der Waals surface area contributed by atoms with Gasteiger partial charge in [-0.2, -0.15) is 0 Å². The summed E-state index contributed by atoms with van der Waals surface area (Å²) in [5.74, 6) is -2.30. The molecule has 2 unspecified atom stereocenters. The molecule has 1 aromatic heterocycles. The maximum atomic E-state index is 13.9. The third kappa shape index (κ3) is 13.4. The summed E-state index contributed by atoms with van der Waals surface area (Å²) in [7, 11) is -6.27. The molecule has 0 fully saturated rings. The van der Waals surface area contributed by atoms with Gasteiger partial charge in [0.2, 0.25) is 31.3 Å². The molecule has 0 bridgehead atoms. The number of aromatic nitrogens is 2. The first-order chi connectivity index (χ1) is 26.7. The number of carbonyl (C=O) groups excluding carboxylic acids is 4. The van der Waals surface area contributed by atoms with Gasteiger partial charge in [-0.15, -0.1) is 0 Å². The Kier molecular flexibility index (Phi) is 16.9. The Morgan fingerprint density at radius 3 is 2.32 bits per heavy atom. The van der Waals surface area contributed by atoms with E-state index in [1.807, 2.05) is 56.3 Å². The maximum Gasteiger partial charge on any atom is 0.481 e. The van der Waals surface area contributed by atoms with Crippen LogP contribution < -0.4 is 20.9 Å². The molecule has 20 heteroatoms. The van der Waals surface area contributed by atoms with Gasteiger partial charge in [-0.1, -0.05) is 50.2 Å². The number of hydrogen-bond donors (Lipinski definition) is 5. The zero-order valence-corrected chi connectivity index (χ0v) is 33.6. The van der Waals surface area contributed by atoms with Crippen LogP contribution in [-0.2, 0) is 57.0 Å². The van der Waals surface area contributed by atoms with Crippen molar-refractivity contribution in [2.24, 2.45) is 5.92 Å². The van der Waals surface area contributed by atoms with Gasteiger partial charge in [-0.05, 0) is 54.0 Å². The van der Waals surface area contributed by atoms with Crippen molar-refractivity contribution in [2.75, 3.05) is 19.1 Å². The summed E-state index contributed by atoms with van der Waals surface area (Å²) in [5, 5.41) is 7.97. The molecule has 0 spiro atoms. The van der Waals surface area contributed by atoms with Crippen molar-refractivity contribution in [1.82, 2.24) is 25.9 Å². The lowest BCUT2D eigenvalue weighted by Gasteiger charge is -2.27. The summed E-state index contributed by atoms with van der Waals surface area (Å²) < 4.78 is 40.5. The monoisotopic (exact) mass is 814 g/mol. The van der Waals surface area contributed by atoms with Crippen molar-refractivity contribution in [3.05, 3.63) is 89.5 Å². The molecule has 1 aliphatic heterocycles. The largest absolute Gasteiger partial charge is 0.481 e. The lowest BCUT2D eigenvalue weighted by molar-refractivity contribution is -0.123. The highest BCUT2D eigenvalue weighted by atomic mass is 31.2. The quantitative estimate of drug-likeness (QED) is 0.0665. The fourth-order valence-corrected chi connectivity index (χ4v) is 8.18. The van der Waals surface area contributed by atoms with Gasteiger partial charge >= 0.3 is 14.7 Å².